The summed E-state index contributed by atoms with van der Waals surface area (Å²) in [4.78, 5) is 12.2. The smallest absolute Gasteiger partial charge is 0.223 e. The Bertz CT molecular complexity index is 1040. The van der Waals surface area contributed by atoms with Gasteiger partial charge in [0.25, 0.3) is 0 Å². The van der Waals surface area contributed by atoms with Gasteiger partial charge in [0.05, 0.1) is 17.3 Å². The summed E-state index contributed by atoms with van der Waals surface area (Å²) in [6.07, 6.45) is 4.65. The molecule has 0 radical (unpaired) electrons. The number of hydrogen-bond acceptors (Lipinski definition) is 5. The Hall–Kier alpha value is -3.37. The van der Waals surface area contributed by atoms with Crippen molar-refractivity contribution in [2.45, 2.75) is 32.2 Å². The van der Waals surface area contributed by atoms with Gasteiger partial charge in [-0.1, -0.05) is 30.3 Å². The number of nitrogens with one attached hydrogen (secondary N) is 2. The third-order valence-electron chi connectivity index (χ3n) is 5.92. The molecule has 0 bridgehead atoms. The van der Waals surface area contributed by atoms with Crippen LogP contribution in [0, 0.1) is 23.1 Å². The molecule has 1 aliphatic carbocycles. The van der Waals surface area contributed by atoms with Crippen molar-refractivity contribution in [3.8, 4) is 17.2 Å². The van der Waals surface area contributed by atoms with Gasteiger partial charge in [-0.2, -0.15) is 5.26 Å². The number of benzene rings is 2. The lowest BCUT2D eigenvalue weighted by Gasteiger charge is -2.29. The molecular weight excluding hydrogens is 393 g/mol. The van der Waals surface area contributed by atoms with Crippen molar-refractivity contribution in [1.29, 1.82) is 5.26 Å². The van der Waals surface area contributed by atoms with Crippen molar-refractivity contribution in [3.05, 3.63) is 65.6 Å². The first kappa shape index (κ1) is 20.9. The minimum atomic E-state index is -0.405. The molecule has 2 atom stereocenters. The summed E-state index contributed by atoms with van der Waals surface area (Å²) < 4.78 is 14.4. The van der Waals surface area contributed by atoms with Crippen LogP contribution in [0.25, 0.3) is 16.8 Å². The first-order valence-corrected chi connectivity index (χ1v) is 10.6. The summed E-state index contributed by atoms with van der Waals surface area (Å²) in [7, 11) is 1.94. The van der Waals surface area contributed by atoms with E-state index in [1.54, 1.807) is 12.1 Å². The van der Waals surface area contributed by atoms with E-state index in [9.17, 15) is 9.18 Å². The van der Waals surface area contributed by atoms with Gasteiger partial charge in [0, 0.05) is 42.9 Å². The van der Waals surface area contributed by atoms with Gasteiger partial charge in [-0.15, -0.1) is 5.53 Å². The minimum Gasteiger partial charge on any atom is -0.356 e. The molecule has 1 aliphatic heterocycles. The van der Waals surface area contributed by atoms with Gasteiger partial charge in [0.15, 0.2) is 0 Å². The number of hydrogen-bond donors (Lipinski definition) is 2. The quantitative estimate of drug-likeness (QED) is 0.774. The zero-order valence-corrected chi connectivity index (χ0v) is 17.7. The van der Waals surface area contributed by atoms with Crippen LogP contribution in [0.4, 0.5) is 4.39 Å². The van der Waals surface area contributed by atoms with Crippen molar-refractivity contribution in [3.63, 3.8) is 0 Å². The van der Waals surface area contributed by atoms with E-state index in [1.807, 2.05) is 55.5 Å². The molecule has 1 heterocycles. The van der Waals surface area contributed by atoms with Gasteiger partial charge < -0.3 is 5.32 Å². The minimum absolute atomic E-state index is 0.0423. The molecule has 0 aromatic heterocycles. The zero-order valence-electron chi connectivity index (χ0n) is 17.7. The highest BCUT2D eigenvalue weighted by Gasteiger charge is 2.36. The molecule has 6 nitrogen and oxygen atoms in total. The maximum Gasteiger partial charge on any atom is 0.223 e. The molecule has 1 fully saturated rings. The Kier molecular flexibility index (Phi) is 5.92. The number of rotatable bonds is 5. The average molecular weight is 420 g/mol. The Balaban J connectivity index is 1.52. The molecule has 4 rings (SSSR count). The van der Waals surface area contributed by atoms with Crippen molar-refractivity contribution in [2.24, 2.45) is 5.92 Å². The van der Waals surface area contributed by atoms with Crippen molar-refractivity contribution in [1.82, 2.24) is 20.9 Å². The summed E-state index contributed by atoms with van der Waals surface area (Å²) in [6, 6.07) is 14.4. The van der Waals surface area contributed by atoms with E-state index in [-0.39, 0.29) is 17.9 Å². The Morgan fingerprint density at radius 2 is 1.97 bits per heavy atom. The number of carbonyl (C=O) groups excluding carboxylic acids is 1. The van der Waals surface area contributed by atoms with Crippen molar-refractivity contribution in [2.75, 3.05) is 13.6 Å². The molecule has 160 valence electrons. The van der Waals surface area contributed by atoms with E-state index in [1.165, 1.54) is 6.07 Å². The van der Waals surface area contributed by atoms with Gasteiger partial charge in [0.2, 0.25) is 5.91 Å². The van der Waals surface area contributed by atoms with Gasteiger partial charge in [0.1, 0.15) is 5.82 Å². The first-order valence-electron chi connectivity index (χ1n) is 10.6. The van der Waals surface area contributed by atoms with Gasteiger partial charge in [-0.05, 0) is 43.9 Å². The molecular formula is C24H26FN5O. The highest BCUT2D eigenvalue weighted by Crippen LogP contribution is 2.35. The van der Waals surface area contributed by atoms with E-state index in [0.717, 1.165) is 36.1 Å². The van der Waals surface area contributed by atoms with Crippen LogP contribution >= 0.6 is 0 Å². The predicted octanol–water partition coefficient (Wildman–Crippen LogP) is 3.63. The SMILES string of the molecule is CCNC(=O)[C@H]1CC[C@@H](N2NN(C)C=C2c2ccc(-c3ccc(C#N)cc3F)cc2)C1. The van der Waals surface area contributed by atoms with E-state index >= 15 is 0 Å². The second-order valence-corrected chi connectivity index (χ2v) is 8.04. The van der Waals surface area contributed by atoms with E-state index in [2.05, 4.69) is 15.9 Å². The third-order valence-corrected chi connectivity index (χ3v) is 5.92. The summed E-state index contributed by atoms with van der Waals surface area (Å²) in [6.45, 7) is 2.59. The lowest BCUT2D eigenvalue weighted by atomic mass is 10.0. The second-order valence-electron chi connectivity index (χ2n) is 8.04. The lowest BCUT2D eigenvalue weighted by Crippen LogP contribution is -2.44. The number of amides is 1. The Morgan fingerprint density at radius 3 is 2.65 bits per heavy atom. The Labute approximate surface area is 181 Å². The van der Waals surface area contributed by atoms with Gasteiger partial charge >= 0.3 is 0 Å². The maximum absolute atomic E-state index is 14.4. The highest BCUT2D eigenvalue weighted by molar-refractivity contribution is 5.79. The molecule has 2 N–H and O–H groups in total. The van der Waals surface area contributed by atoms with Crippen LogP contribution in [0.1, 0.15) is 37.3 Å². The third kappa shape index (κ3) is 4.25. The molecule has 2 aromatic carbocycles. The first-order chi connectivity index (χ1) is 15.0. The monoisotopic (exact) mass is 419 g/mol. The molecule has 1 saturated carbocycles. The fourth-order valence-corrected chi connectivity index (χ4v) is 4.38. The number of nitrogens with zero attached hydrogens (tertiary/aromatic N) is 3. The molecule has 31 heavy (non-hydrogen) atoms. The molecule has 2 aliphatic rings. The molecule has 7 heteroatoms. The van der Waals surface area contributed by atoms with Gasteiger partial charge in [-0.3, -0.25) is 14.8 Å². The van der Waals surface area contributed by atoms with E-state index in [4.69, 9.17) is 5.26 Å². The second kappa shape index (κ2) is 8.78. The van der Waals surface area contributed by atoms with E-state index in [0.29, 0.717) is 17.7 Å². The molecule has 0 spiro atoms. The van der Waals surface area contributed by atoms with Crippen LogP contribution in [-0.2, 0) is 4.79 Å². The van der Waals surface area contributed by atoms with Crippen LogP contribution in [0.3, 0.4) is 0 Å². The largest absolute Gasteiger partial charge is 0.356 e. The summed E-state index contributed by atoms with van der Waals surface area (Å²) in [5, 5.41) is 15.9. The van der Waals surface area contributed by atoms with Crippen LogP contribution in [0.15, 0.2) is 48.7 Å². The highest BCUT2D eigenvalue weighted by atomic mass is 19.1. The predicted molar refractivity (Wildman–Crippen MR) is 117 cm³/mol. The number of hydrazine groups is 2. The zero-order chi connectivity index (χ0) is 22.0. The summed E-state index contributed by atoms with van der Waals surface area (Å²) >= 11 is 0. The standard InChI is InChI=1S/C24H26FN5O/c1-3-27-24(31)19-9-10-20(13-19)30-23(15-29(2)28-30)18-7-5-17(6-8-18)21-11-4-16(14-26)12-22(21)25/h4-8,11-12,15,19-20,28H,3,9-10,13H2,1-2H3,(H,27,31)/t19-,20+/m0/s1. The maximum atomic E-state index is 14.4. The van der Waals surface area contributed by atoms with Gasteiger partial charge in [-0.25, -0.2) is 4.39 Å². The fraction of sp³-hybridized carbons (Fsp3) is 0.333. The molecule has 0 unspecified atom stereocenters. The van der Waals surface area contributed by atoms with Crippen LogP contribution in [0.5, 0.6) is 0 Å². The lowest BCUT2D eigenvalue weighted by molar-refractivity contribution is -0.124. The molecule has 2 aromatic rings. The van der Waals surface area contributed by atoms with Crippen LogP contribution in [0.2, 0.25) is 0 Å². The topological polar surface area (TPSA) is 71.4 Å². The normalized spacial score (nSPS) is 20.5. The van der Waals surface area contributed by atoms with Crippen LogP contribution < -0.4 is 10.9 Å². The number of nitriles is 1. The number of halogens is 1. The van der Waals surface area contributed by atoms with Crippen LogP contribution in [-0.4, -0.2) is 35.6 Å². The average Bonchev–Trinajstić information content (AvgIpc) is 3.41. The Morgan fingerprint density at radius 1 is 1.23 bits per heavy atom. The van der Waals surface area contributed by atoms with Crippen molar-refractivity contribution < 1.29 is 9.18 Å². The fourth-order valence-electron chi connectivity index (χ4n) is 4.38. The summed E-state index contributed by atoms with van der Waals surface area (Å²) in [5.74, 6) is -0.227. The molecule has 0 saturated heterocycles. The molecule has 1 amide bonds. The van der Waals surface area contributed by atoms with Crippen molar-refractivity contribution >= 4 is 11.6 Å². The number of carbonyl (C=O) groups is 1. The summed E-state index contributed by atoms with van der Waals surface area (Å²) in [5.41, 5.74) is 6.93. The van der Waals surface area contributed by atoms with E-state index < -0.39 is 5.82 Å².